The van der Waals surface area contributed by atoms with E-state index in [1.165, 1.54) is 0 Å². The maximum Gasteiger partial charge on any atom is 0.326 e. The molecule has 15 N–H and O–H groups in total. The van der Waals surface area contributed by atoms with E-state index >= 15 is 0 Å². The lowest BCUT2D eigenvalue weighted by atomic mass is 10.1. The summed E-state index contributed by atoms with van der Waals surface area (Å²) in [4.78, 5) is 69.5. The summed E-state index contributed by atoms with van der Waals surface area (Å²) in [6, 6.07) is -4.11. The first-order chi connectivity index (χ1) is 18.4. The van der Waals surface area contributed by atoms with Crippen LogP contribution in [0.3, 0.4) is 0 Å². The summed E-state index contributed by atoms with van der Waals surface area (Å²) >= 11 is 0. The second-order valence-corrected chi connectivity index (χ2v) is 9.07. The second-order valence-electron chi connectivity index (χ2n) is 9.07. The van der Waals surface area contributed by atoms with Gasteiger partial charge >= 0.3 is 5.97 Å². The number of nitrogens with zero attached hydrogens (tertiary/aromatic N) is 2. The highest BCUT2D eigenvalue weighted by atomic mass is 16.4. The fourth-order valence-corrected chi connectivity index (χ4v) is 3.81. The summed E-state index contributed by atoms with van der Waals surface area (Å²) in [5.74, 6) is -4.20. The van der Waals surface area contributed by atoms with E-state index in [1.54, 1.807) is 0 Å². The number of nitrogens with one attached hydrogen (secondary N) is 4. The number of carboxylic acids is 1. The Kier molecular flexibility index (Phi) is 14.6. The lowest BCUT2D eigenvalue weighted by Crippen LogP contribution is -2.57. The van der Waals surface area contributed by atoms with Crippen molar-refractivity contribution in [1.29, 1.82) is 0 Å². The van der Waals surface area contributed by atoms with Crippen molar-refractivity contribution in [1.82, 2.24) is 21.3 Å². The third-order valence-electron chi connectivity index (χ3n) is 5.83. The number of aliphatic imine (C=N–C) groups is 2. The molecule has 1 heterocycles. The van der Waals surface area contributed by atoms with Gasteiger partial charge in [0.2, 0.25) is 23.6 Å². The van der Waals surface area contributed by atoms with Gasteiger partial charge in [-0.1, -0.05) is 0 Å². The molecule has 0 bridgehead atoms. The number of primary amides is 1. The van der Waals surface area contributed by atoms with Crippen molar-refractivity contribution in [3.05, 3.63) is 0 Å². The Labute approximate surface area is 226 Å². The summed E-state index contributed by atoms with van der Waals surface area (Å²) in [5, 5.41) is 20.1. The van der Waals surface area contributed by atoms with Gasteiger partial charge in [-0.05, 0) is 51.5 Å². The van der Waals surface area contributed by atoms with Crippen LogP contribution in [0.2, 0.25) is 0 Å². The van der Waals surface area contributed by atoms with Gasteiger partial charge in [-0.3, -0.25) is 29.2 Å². The quantitative estimate of drug-likeness (QED) is 0.0437. The van der Waals surface area contributed by atoms with Crippen molar-refractivity contribution in [2.45, 2.75) is 75.5 Å². The van der Waals surface area contributed by atoms with Crippen LogP contribution in [0.1, 0.15) is 51.4 Å². The van der Waals surface area contributed by atoms with Crippen molar-refractivity contribution >= 4 is 41.5 Å². The summed E-state index contributed by atoms with van der Waals surface area (Å²) in [7, 11) is 0. The largest absolute Gasteiger partial charge is 0.480 e. The van der Waals surface area contributed by atoms with E-state index in [4.69, 9.17) is 28.7 Å². The molecule has 17 heteroatoms. The maximum absolute atomic E-state index is 13.2. The molecule has 220 valence electrons. The number of nitrogens with two attached hydrogens (primary N) is 5. The van der Waals surface area contributed by atoms with Crippen molar-refractivity contribution in [3.8, 4) is 0 Å². The summed E-state index contributed by atoms with van der Waals surface area (Å²) in [5.41, 5.74) is 26.4. The topological polar surface area (TPSA) is 309 Å². The van der Waals surface area contributed by atoms with Gasteiger partial charge < -0.3 is 55.0 Å². The van der Waals surface area contributed by atoms with Crippen LogP contribution in [0.15, 0.2) is 9.98 Å². The minimum absolute atomic E-state index is 0.00615. The third-order valence-corrected chi connectivity index (χ3v) is 5.83. The highest BCUT2D eigenvalue weighted by Gasteiger charge is 2.31. The molecule has 0 aromatic heterocycles. The van der Waals surface area contributed by atoms with Crippen molar-refractivity contribution in [2.75, 3.05) is 19.6 Å². The Bertz CT molecular complexity index is 912. The number of guanidine groups is 2. The average Bonchev–Trinajstić information content (AvgIpc) is 3.39. The van der Waals surface area contributed by atoms with Gasteiger partial charge in [0.15, 0.2) is 11.9 Å². The van der Waals surface area contributed by atoms with Crippen LogP contribution < -0.4 is 49.9 Å². The SMILES string of the molecule is NC(=O)CCC(NC(=O)C(CCCN=C(N)N)NC(=O)C1CCCN1)C(=O)NC(CCCN=C(N)N)C(=O)O. The lowest BCUT2D eigenvalue weighted by Gasteiger charge is -2.25. The van der Waals surface area contributed by atoms with E-state index in [9.17, 15) is 29.1 Å². The molecule has 0 radical (unpaired) electrons. The first kappa shape index (κ1) is 32.9. The van der Waals surface area contributed by atoms with Crippen molar-refractivity contribution < 1.29 is 29.1 Å². The number of aliphatic carboxylic acids is 1. The average molecular weight is 556 g/mol. The molecule has 0 spiro atoms. The van der Waals surface area contributed by atoms with Gasteiger partial charge in [0.1, 0.15) is 18.1 Å². The molecule has 1 aliphatic heterocycles. The monoisotopic (exact) mass is 555 g/mol. The van der Waals surface area contributed by atoms with E-state index in [2.05, 4.69) is 31.3 Å². The van der Waals surface area contributed by atoms with E-state index < -0.39 is 47.9 Å². The molecule has 1 fully saturated rings. The molecule has 17 nitrogen and oxygen atoms in total. The zero-order valence-electron chi connectivity index (χ0n) is 21.9. The Hall–Kier alpha value is -4.15. The molecular weight excluding hydrogens is 514 g/mol. The predicted molar refractivity (Wildman–Crippen MR) is 143 cm³/mol. The molecular formula is C22H41N11O6. The summed E-state index contributed by atoms with van der Waals surface area (Å²) < 4.78 is 0. The van der Waals surface area contributed by atoms with Gasteiger partial charge in [0, 0.05) is 19.5 Å². The molecule has 0 aromatic rings. The lowest BCUT2D eigenvalue weighted by molar-refractivity contribution is -0.142. The van der Waals surface area contributed by atoms with E-state index in [1.807, 2.05) is 0 Å². The molecule has 39 heavy (non-hydrogen) atoms. The molecule has 1 aliphatic rings. The number of amides is 4. The van der Waals surface area contributed by atoms with Crippen LogP contribution in [0.4, 0.5) is 0 Å². The zero-order valence-corrected chi connectivity index (χ0v) is 21.9. The predicted octanol–water partition coefficient (Wildman–Crippen LogP) is -4.35. The Morgan fingerprint density at radius 1 is 0.795 bits per heavy atom. The summed E-state index contributed by atoms with van der Waals surface area (Å²) in [6.45, 7) is 1.03. The van der Waals surface area contributed by atoms with Crippen LogP contribution in [-0.2, 0) is 24.0 Å². The van der Waals surface area contributed by atoms with Crippen molar-refractivity contribution in [3.63, 3.8) is 0 Å². The number of carbonyl (C=O) groups excluding carboxylic acids is 4. The molecule has 0 saturated carbocycles. The number of rotatable bonds is 18. The molecule has 4 atom stereocenters. The van der Waals surface area contributed by atoms with E-state index in [0.29, 0.717) is 19.4 Å². The Morgan fingerprint density at radius 3 is 1.77 bits per heavy atom. The van der Waals surface area contributed by atoms with Crippen molar-refractivity contribution in [2.24, 2.45) is 38.7 Å². The normalized spacial score (nSPS) is 16.7. The van der Waals surface area contributed by atoms with E-state index in [0.717, 1.165) is 6.42 Å². The molecule has 1 rings (SSSR count). The Balaban J connectivity index is 2.97. The van der Waals surface area contributed by atoms with Gasteiger partial charge in [-0.15, -0.1) is 0 Å². The minimum Gasteiger partial charge on any atom is -0.480 e. The van der Waals surface area contributed by atoms with E-state index in [-0.39, 0.29) is 63.0 Å². The smallest absolute Gasteiger partial charge is 0.326 e. The molecule has 4 amide bonds. The van der Waals surface area contributed by atoms with Crippen LogP contribution in [0.5, 0.6) is 0 Å². The van der Waals surface area contributed by atoms with Crippen LogP contribution in [-0.4, -0.2) is 90.4 Å². The number of carbonyl (C=O) groups is 5. The van der Waals surface area contributed by atoms with Crippen LogP contribution in [0.25, 0.3) is 0 Å². The number of carboxylic acid groups (broad SMARTS) is 1. The first-order valence-corrected chi connectivity index (χ1v) is 12.7. The fraction of sp³-hybridized carbons (Fsp3) is 0.682. The molecule has 0 aromatic carbocycles. The Morgan fingerprint density at radius 2 is 1.31 bits per heavy atom. The standard InChI is InChI=1S/C22H41N11O6/c23-16(34)8-7-14(19(37)33-15(20(38)39)6-3-11-30-22(26)27)32-18(36)13(5-2-10-29-21(24)25)31-17(35)12-4-1-9-28-12/h12-15,28H,1-11H2,(H2,23,34)(H,31,35)(H,32,36)(H,33,37)(H,38,39)(H4,24,25,29)(H4,26,27,30). The first-order valence-electron chi connectivity index (χ1n) is 12.7. The third kappa shape index (κ3) is 13.8. The second kappa shape index (κ2) is 17.4. The number of hydrogen-bond donors (Lipinski definition) is 10. The molecule has 4 unspecified atom stereocenters. The number of hydrogen-bond acceptors (Lipinski definition) is 8. The maximum atomic E-state index is 13.2. The summed E-state index contributed by atoms with van der Waals surface area (Å²) in [6.07, 6.45) is 1.72. The van der Waals surface area contributed by atoms with Gasteiger partial charge in [0.05, 0.1) is 6.04 Å². The van der Waals surface area contributed by atoms with Crippen LogP contribution >= 0.6 is 0 Å². The zero-order chi connectivity index (χ0) is 29.4. The molecule has 0 aliphatic carbocycles. The highest BCUT2D eigenvalue weighted by Crippen LogP contribution is 2.08. The minimum atomic E-state index is -1.30. The highest BCUT2D eigenvalue weighted by molar-refractivity contribution is 5.94. The van der Waals surface area contributed by atoms with Gasteiger partial charge in [0.25, 0.3) is 0 Å². The fourth-order valence-electron chi connectivity index (χ4n) is 3.81. The van der Waals surface area contributed by atoms with Crippen LogP contribution in [0, 0.1) is 0 Å². The van der Waals surface area contributed by atoms with Gasteiger partial charge in [-0.2, -0.15) is 0 Å². The van der Waals surface area contributed by atoms with Gasteiger partial charge in [-0.25, -0.2) is 4.79 Å². The molecule has 1 saturated heterocycles.